The molecule has 1 aromatic carbocycles. The third-order valence-corrected chi connectivity index (χ3v) is 3.62. The zero-order valence-electron chi connectivity index (χ0n) is 10.5. The van der Waals surface area contributed by atoms with Gasteiger partial charge in [-0.05, 0) is 19.9 Å². The van der Waals surface area contributed by atoms with Crippen molar-refractivity contribution >= 4 is 27.3 Å². The molecule has 0 bridgehead atoms. The summed E-state index contributed by atoms with van der Waals surface area (Å²) >= 11 is 5.54. The lowest BCUT2D eigenvalue weighted by atomic mass is 10.3. The van der Waals surface area contributed by atoms with Crippen LogP contribution in [0.25, 0.3) is 0 Å². The smallest absolute Gasteiger partial charge is 0.235 e. The van der Waals surface area contributed by atoms with Crippen molar-refractivity contribution < 1.29 is 22.7 Å². The molecule has 5 nitrogen and oxygen atoms in total. The fourth-order valence-electron chi connectivity index (χ4n) is 1.26. The lowest BCUT2D eigenvalue weighted by molar-refractivity contribution is 0.0913. The van der Waals surface area contributed by atoms with Gasteiger partial charge in [0.25, 0.3) is 0 Å². The Morgan fingerprint density at radius 2 is 2.11 bits per heavy atom. The number of phenolic OH excluding ortho intramolecular Hbond substituents is 1. The van der Waals surface area contributed by atoms with E-state index in [1.807, 2.05) is 0 Å². The molecule has 1 rings (SSSR count). The van der Waals surface area contributed by atoms with Crippen molar-refractivity contribution in [1.29, 1.82) is 0 Å². The Labute approximate surface area is 116 Å². The summed E-state index contributed by atoms with van der Waals surface area (Å²) in [6.45, 7) is 3.55. The van der Waals surface area contributed by atoms with E-state index in [4.69, 9.17) is 16.3 Å². The van der Waals surface area contributed by atoms with Gasteiger partial charge in [0.1, 0.15) is 5.82 Å². The minimum absolute atomic E-state index is 0.00316. The van der Waals surface area contributed by atoms with Gasteiger partial charge in [-0.2, -0.15) is 0 Å². The van der Waals surface area contributed by atoms with Gasteiger partial charge in [-0.3, -0.25) is 4.72 Å². The van der Waals surface area contributed by atoms with E-state index in [1.165, 1.54) is 0 Å². The number of nitrogens with one attached hydrogen (secondary N) is 1. The molecule has 1 aromatic rings. The molecule has 0 aliphatic carbocycles. The number of phenols is 1. The van der Waals surface area contributed by atoms with Gasteiger partial charge in [-0.15, -0.1) is 0 Å². The van der Waals surface area contributed by atoms with E-state index in [-0.39, 0.29) is 29.2 Å². The molecule has 2 N–H and O–H groups in total. The number of sulfonamides is 1. The van der Waals surface area contributed by atoms with Crippen molar-refractivity contribution in [2.45, 2.75) is 20.0 Å². The molecule has 19 heavy (non-hydrogen) atoms. The van der Waals surface area contributed by atoms with Gasteiger partial charge in [0.2, 0.25) is 10.0 Å². The van der Waals surface area contributed by atoms with Crippen LogP contribution in [0.1, 0.15) is 13.8 Å². The lowest BCUT2D eigenvalue weighted by Crippen LogP contribution is -2.21. The summed E-state index contributed by atoms with van der Waals surface area (Å²) in [4.78, 5) is 0. The van der Waals surface area contributed by atoms with E-state index in [0.717, 1.165) is 12.1 Å². The Kier molecular flexibility index (Phi) is 5.39. The van der Waals surface area contributed by atoms with Crippen LogP contribution in [0.5, 0.6) is 5.75 Å². The molecule has 0 atom stereocenters. The summed E-state index contributed by atoms with van der Waals surface area (Å²) in [7, 11) is -3.75. The molecule has 0 amide bonds. The molecule has 0 aliphatic rings. The minimum atomic E-state index is -3.75. The number of aromatic hydroxyl groups is 1. The van der Waals surface area contributed by atoms with Crippen LogP contribution < -0.4 is 4.72 Å². The third-order valence-electron chi connectivity index (χ3n) is 2.10. The number of hydrogen-bond donors (Lipinski definition) is 2. The minimum Gasteiger partial charge on any atom is -0.504 e. The first-order valence-corrected chi connectivity index (χ1v) is 7.54. The van der Waals surface area contributed by atoms with E-state index in [0.29, 0.717) is 0 Å². The quantitative estimate of drug-likeness (QED) is 0.791. The molecule has 8 heteroatoms. The summed E-state index contributed by atoms with van der Waals surface area (Å²) in [6, 6.07) is 1.73. The van der Waals surface area contributed by atoms with E-state index < -0.39 is 21.6 Å². The maximum Gasteiger partial charge on any atom is 0.235 e. The summed E-state index contributed by atoms with van der Waals surface area (Å²) in [6.07, 6.45) is -0.0905. The molecule has 0 aromatic heterocycles. The zero-order valence-corrected chi connectivity index (χ0v) is 12.1. The van der Waals surface area contributed by atoms with Crippen LogP contribution in [-0.4, -0.2) is 32.0 Å². The van der Waals surface area contributed by atoms with Crippen molar-refractivity contribution in [3.63, 3.8) is 0 Å². The molecule has 0 radical (unpaired) electrons. The second kappa shape index (κ2) is 6.40. The molecule has 0 saturated carbocycles. The van der Waals surface area contributed by atoms with Gasteiger partial charge in [0.05, 0.1) is 29.2 Å². The Hall–Kier alpha value is -1.05. The van der Waals surface area contributed by atoms with Crippen LogP contribution in [0, 0.1) is 5.82 Å². The predicted molar refractivity (Wildman–Crippen MR) is 71.6 cm³/mol. The average molecular weight is 312 g/mol. The fraction of sp³-hybridized carbons (Fsp3) is 0.455. The Morgan fingerprint density at radius 1 is 1.47 bits per heavy atom. The lowest BCUT2D eigenvalue weighted by Gasteiger charge is -2.12. The highest BCUT2D eigenvalue weighted by Crippen LogP contribution is 2.33. The Morgan fingerprint density at radius 3 is 2.68 bits per heavy atom. The number of halogens is 2. The van der Waals surface area contributed by atoms with Crippen LogP contribution in [0.15, 0.2) is 12.1 Å². The maximum absolute atomic E-state index is 13.1. The van der Waals surface area contributed by atoms with Gasteiger partial charge in [0.15, 0.2) is 5.75 Å². The van der Waals surface area contributed by atoms with E-state index in [2.05, 4.69) is 4.72 Å². The van der Waals surface area contributed by atoms with Gasteiger partial charge >= 0.3 is 0 Å². The summed E-state index contributed by atoms with van der Waals surface area (Å²) in [5.74, 6) is -1.57. The van der Waals surface area contributed by atoms with Gasteiger partial charge in [0, 0.05) is 6.07 Å². The standard InChI is InChI=1S/C11H15ClFNO4S/c1-7(2)18-3-4-19(16,17)14-10-6-8(13)5-9(12)11(10)15/h5-7,14-15H,3-4H2,1-2H3. The molecular formula is C11H15ClFNO4S. The molecule has 0 fully saturated rings. The average Bonchev–Trinajstić information content (AvgIpc) is 2.23. The van der Waals surface area contributed by atoms with Crippen LogP contribution in [0.3, 0.4) is 0 Å². The normalized spacial score (nSPS) is 11.8. The van der Waals surface area contributed by atoms with Crippen molar-refractivity contribution in [3.05, 3.63) is 23.0 Å². The number of benzene rings is 1. The summed E-state index contributed by atoms with van der Waals surface area (Å²) in [5.41, 5.74) is -0.297. The first-order chi connectivity index (χ1) is 8.71. The molecule has 108 valence electrons. The van der Waals surface area contributed by atoms with Crippen LogP contribution in [0.4, 0.5) is 10.1 Å². The molecule has 0 aliphatic heterocycles. The summed E-state index contributed by atoms with van der Waals surface area (Å²) < 4.78 is 43.6. The first-order valence-electron chi connectivity index (χ1n) is 5.51. The van der Waals surface area contributed by atoms with Crippen molar-refractivity contribution in [2.24, 2.45) is 0 Å². The van der Waals surface area contributed by atoms with Gasteiger partial charge in [-0.1, -0.05) is 11.6 Å². The second-order valence-corrected chi connectivity index (χ2v) is 6.37. The maximum atomic E-state index is 13.1. The Balaban J connectivity index is 2.78. The van der Waals surface area contributed by atoms with Crippen LogP contribution >= 0.6 is 11.6 Å². The van der Waals surface area contributed by atoms with E-state index in [9.17, 15) is 17.9 Å². The van der Waals surface area contributed by atoms with Crippen molar-refractivity contribution in [1.82, 2.24) is 0 Å². The predicted octanol–water partition coefficient (Wildman–Crippen LogP) is 2.35. The van der Waals surface area contributed by atoms with Crippen molar-refractivity contribution in [3.8, 4) is 5.75 Å². The SMILES string of the molecule is CC(C)OCCS(=O)(=O)Nc1cc(F)cc(Cl)c1O. The highest BCUT2D eigenvalue weighted by molar-refractivity contribution is 7.92. The molecular weight excluding hydrogens is 297 g/mol. The van der Waals surface area contributed by atoms with Crippen LogP contribution in [-0.2, 0) is 14.8 Å². The second-order valence-electron chi connectivity index (χ2n) is 4.12. The molecule has 0 saturated heterocycles. The van der Waals surface area contributed by atoms with Crippen LogP contribution in [0.2, 0.25) is 5.02 Å². The zero-order chi connectivity index (χ0) is 14.6. The highest BCUT2D eigenvalue weighted by Gasteiger charge is 2.16. The Bertz CT molecular complexity index is 548. The van der Waals surface area contributed by atoms with E-state index >= 15 is 0 Å². The third kappa shape index (κ3) is 5.22. The molecule has 0 spiro atoms. The first kappa shape index (κ1) is 16.0. The molecule has 0 unspecified atom stereocenters. The number of hydrogen-bond acceptors (Lipinski definition) is 4. The number of ether oxygens (including phenoxy) is 1. The van der Waals surface area contributed by atoms with Gasteiger partial charge < -0.3 is 9.84 Å². The van der Waals surface area contributed by atoms with E-state index in [1.54, 1.807) is 13.8 Å². The number of rotatable bonds is 6. The highest BCUT2D eigenvalue weighted by atomic mass is 35.5. The van der Waals surface area contributed by atoms with Gasteiger partial charge in [-0.25, -0.2) is 12.8 Å². The largest absolute Gasteiger partial charge is 0.504 e. The number of anilines is 1. The monoisotopic (exact) mass is 311 g/mol. The molecule has 0 heterocycles. The summed E-state index contributed by atoms with van der Waals surface area (Å²) in [5, 5.41) is 9.27. The fourth-order valence-corrected chi connectivity index (χ4v) is 2.37. The van der Waals surface area contributed by atoms with Crippen molar-refractivity contribution in [2.75, 3.05) is 17.1 Å². The topological polar surface area (TPSA) is 75.6 Å².